The number of hydrogen-bond acceptors (Lipinski definition) is 2. The molecule has 0 heterocycles. The van der Waals surface area contributed by atoms with E-state index in [-0.39, 0.29) is 5.57 Å². The Kier molecular flexibility index (Phi) is 6.49. The predicted octanol–water partition coefficient (Wildman–Crippen LogP) is 6.13. The molecule has 0 unspecified atom stereocenters. The Morgan fingerprint density at radius 2 is 1.50 bits per heavy atom. The normalized spacial score (nSPS) is 11.0. The van der Waals surface area contributed by atoms with E-state index >= 15 is 0 Å². The highest BCUT2D eigenvalue weighted by Crippen LogP contribution is 2.24. The van der Waals surface area contributed by atoms with Gasteiger partial charge in [-0.2, -0.15) is 5.26 Å². The van der Waals surface area contributed by atoms with Crippen molar-refractivity contribution >= 4 is 40.9 Å². The molecular weight excluding hydrogens is 391 g/mol. The van der Waals surface area contributed by atoms with Gasteiger partial charge in [-0.3, -0.25) is 4.79 Å². The van der Waals surface area contributed by atoms with Crippen LogP contribution in [0.5, 0.6) is 0 Å². The number of nitrogens with one attached hydrogen (secondary N) is 1. The average Bonchev–Trinajstić information content (AvgIpc) is 2.70. The maximum atomic E-state index is 12.5. The molecular formula is C23H16Cl2N2O. The second-order valence-corrected chi connectivity index (χ2v) is 6.89. The summed E-state index contributed by atoms with van der Waals surface area (Å²) in [5.74, 6) is -0.511. The number of rotatable bonds is 5. The fourth-order valence-electron chi connectivity index (χ4n) is 2.74. The summed E-state index contributed by atoms with van der Waals surface area (Å²) < 4.78 is 0. The standard InChI is InChI=1S/C23H16Cl2N2O/c24-20-10-4-3-9-18(20)13-16-7-1-2-8-17(16)14-19(15-26)23(28)27-22-12-6-5-11-21(22)25/h1-12,14H,13H2,(H,27,28)/b19-14+. The van der Waals surface area contributed by atoms with Crippen molar-refractivity contribution in [3.63, 3.8) is 0 Å². The van der Waals surface area contributed by atoms with Gasteiger partial charge in [-0.1, -0.05) is 77.8 Å². The summed E-state index contributed by atoms with van der Waals surface area (Å²) in [5, 5.41) is 13.3. The Morgan fingerprint density at radius 3 is 2.18 bits per heavy atom. The maximum absolute atomic E-state index is 12.5. The number of amides is 1. The molecule has 28 heavy (non-hydrogen) atoms. The number of anilines is 1. The van der Waals surface area contributed by atoms with E-state index in [0.29, 0.717) is 22.2 Å². The van der Waals surface area contributed by atoms with E-state index in [4.69, 9.17) is 23.2 Å². The van der Waals surface area contributed by atoms with Crippen LogP contribution >= 0.6 is 23.2 Å². The monoisotopic (exact) mass is 406 g/mol. The molecule has 0 saturated heterocycles. The van der Waals surface area contributed by atoms with Crippen molar-refractivity contribution in [3.05, 3.63) is 105 Å². The van der Waals surface area contributed by atoms with E-state index in [1.807, 2.05) is 54.6 Å². The SMILES string of the molecule is N#C/C(=C\c1ccccc1Cc1ccccc1Cl)C(=O)Nc1ccccc1Cl. The van der Waals surface area contributed by atoms with Crippen LogP contribution in [0.3, 0.4) is 0 Å². The van der Waals surface area contributed by atoms with Crippen LogP contribution in [0.1, 0.15) is 16.7 Å². The first kappa shape index (κ1) is 19.7. The van der Waals surface area contributed by atoms with Gasteiger partial charge in [0.05, 0.1) is 10.7 Å². The molecule has 5 heteroatoms. The molecule has 0 aromatic heterocycles. The molecule has 3 rings (SSSR count). The number of carbonyl (C=O) groups excluding carboxylic acids is 1. The Bertz CT molecular complexity index is 1080. The van der Waals surface area contributed by atoms with Gasteiger partial charge >= 0.3 is 0 Å². The van der Waals surface area contributed by atoms with E-state index in [1.54, 1.807) is 30.3 Å². The van der Waals surface area contributed by atoms with Gasteiger partial charge in [-0.25, -0.2) is 0 Å². The Hall–Kier alpha value is -3.06. The van der Waals surface area contributed by atoms with Crippen LogP contribution in [0.25, 0.3) is 6.08 Å². The quantitative estimate of drug-likeness (QED) is 0.409. The number of benzene rings is 3. The zero-order valence-corrected chi connectivity index (χ0v) is 16.3. The van der Waals surface area contributed by atoms with Gasteiger partial charge in [0.15, 0.2) is 0 Å². The molecule has 0 bridgehead atoms. The number of carbonyl (C=O) groups is 1. The number of nitriles is 1. The first-order valence-electron chi connectivity index (χ1n) is 8.57. The van der Waals surface area contributed by atoms with Crippen LogP contribution in [0.4, 0.5) is 5.69 Å². The van der Waals surface area contributed by atoms with Crippen LogP contribution in [0, 0.1) is 11.3 Å². The summed E-state index contributed by atoms with van der Waals surface area (Å²) in [6.07, 6.45) is 2.18. The van der Waals surface area contributed by atoms with Gasteiger partial charge in [0.2, 0.25) is 0 Å². The minimum atomic E-state index is -0.511. The molecule has 0 atom stereocenters. The molecule has 1 N–H and O–H groups in total. The largest absolute Gasteiger partial charge is 0.320 e. The number of halogens is 2. The van der Waals surface area contributed by atoms with Crippen LogP contribution in [0.2, 0.25) is 10.0 Å². The average molecular weight is 407 g/mol. The van der Waals surface area contributed by atoms with E-state index in [0.717, 1.165) is 16.7 Å². The summed E-state index contributed by atoms with van der Waals surface area (Å²) in [5.41, 5.74) is 3.18. The molecule has 0 aliphatic carbocycles. The lowest BCUT2D eigenvalue weighted by molar-refractivity contribution is -0.112. The van der Waals surface area contributed by atoms with E-state index in [1.165, 1.54) is 0 Å². The summed E-state index contributed by atoms with van der Waals surface area (Å²) in [6, 6.07) is 24.1. The van der Waals surface area contributed by atoms with Gasteiger partial charge < -0.3 is 5.32 Å². The second kappa shape index (κ2) is 9.23. The van der Waals surface area contributed by atoms with Gasteiger partial charge in [0.25, 0.3) is 5.91 Å². The minimum absolute atomic E-state index is 0.00784. The van der Waals surface area contributed by atoms with Crippen molar-refractivity contribution in [3.8, 4) is 6.07 Å². The summed E-state index contributed by atoms with van der Waals surface area (Å²) in [6.45, 7) is 0. The van der Waals surface area contributed by atoms with Crippen molar-refractivity contribution in [2.24, 2.45) is 0 Å². The second-order valence-electron chi connectivity index (χ2n) is 6.07. The molecule has 0 saturated carbocycles. The Balaban J connectivity index is 1.89. The third kappa shape index (κ3) is 4.80. The molecule has 0 aliphatic rings. The lowest BCUT2D eigenvalue weighted by atomic mass is 9.98. The van der Waals surface area contributed by atoms with Crippen molar-refractivity contribution in [1.82, 2.24) is 0 Å². The molecule has 1 amide bonds. The fourth-order valence-corrected chi connectivity index (χ4v) is 3.12. The van der Waals surface area contributed by atoms with Crippen molar-refractivity contribution in [2.75, 3.05) is 5.32 Å². The van der Waals surface area contributed by atoms with Crippen molar-refractivity contribution < 1.29 is 4.79 Å². The molecule has 138 valence electrons. The van der Waals surface area contributed by atoms with Crippen molar-refractivity contribution in [2.45, 2.75) is 6.42 Å². The zero-order valence-electron chi connectivity index (χ0n) is 14.8. The first-order valence-corrected chi connectivity index (χ1v) is 9.33. The van der Waals surface area contributed by atoms with Gasteiger partial charge in [0, 0.05) is 5.02 Å². The smallest absolute Gasteiger partial charge is 0.266 e. The highest BCUT2D eigenvalue weighted by molar-refractivity contribution is 6.34. The maximum Gasteiger partial charge on any atom is 0.266 e. The highest BCUT2D eigenvalue weighted by Gasteiger charge is 2.13. The molecule has 0 fully saturated rings. The molecule has 0 aliphatic heterocycles. The number of para-hydroxylation sites is 1. The van der Waals surface area contributed by atoms with Crippen LogP contribution < -0.4 is 5.32 Å². The van der Waals surface area contributed by atoms with Gasteiger partial charge in [-0.15, -0.1) is 0 Å². The summed E-state index contributed by atoms with van der Waals surface area (Å²) in [7, 11) is 0. The predicted molar refractivity (Wildman–Crippen MR) is 114 cm³/mol. The number of nitrogens with zero attached hydrogens (tertiary/aromatic N) is 1. The summed E-state index contributed by atoms with van der Waals surface area (Å²) in [4.78, 5) is 12.5. The first-order chi connectivity index (χ1) is 13.6. The lowest BCUT2D eigenvalue weighted by Crippen LogP contribution is -2.13. The molecule has 3 nitrogen and oxygen atoms in total. The van der Waals surface area contributed by atoms with Crippen LogP contribution in [-0.2, 0) is 11.2 Å². The zero-order chi connectivity index (χ0) is 19.9. The third-order valence-corrected chi connectivity index (χ3v) is 4.88. The topological polar surface area (TPSA) is 52.9 Å². The molecule has 3 aromatic carbocycles. The van der Waals surface area contributed by atoms with Gasteiger partial charge in [-0.05, 0) is 47.4 Å². The minimum Gasteiger partial charge on any atom is -0.320 e. The Morgan fingerprint density at radius 1 is 0.893 bits per heavy atom. The molecule has 0 radical (unpaired) electrons. The highest BCUT2D eigenvalue weighted by atomic mass is 35.5. The molecule has 3 aromatic rings. The summed E-state index contributed by atoms with van der Waals surface area (Å²) >= 11 is 12.3. The van der Waals surface area contributed by atoms with Crippen LogP contribution in [0.15, 0.2) is 78.4 Å². The van der Waals surface area contributed by atoms with Crippen LogP contribution in [-0.4, -0.2) is 5.91 Å². The Labute approximate surface area is 173 Å². The fraction of sp³-hybridized carbons (Fsp3) is 0.0435. The number of hydrogen-bond donors (Lipinski definition) is 1. The van der Waals surface area contributed by atoms with E-state index in [2.05, 4.69) is 5.32 Å². The van der Waals surface area contributed by atoms with E-state index < -0.39 is 5.91 Å². The lowest BCUT2D eigenvalue weighted by Gasteiger charge is -2.09. The molecule has 0 spiro atoms. The van der Waals surface area contributed by atoms with Crippen molar-refractivity contribution in [1.29, 1.82) is 5.26 Å². The van der Waals surface area contributed by atoms with Gasteiger partial charge in [0.1, 0.15) is 11.6 Å². The third-order valence-electron chi connectivity index (χ3n) is 4.18. The van der Waals surface area contributed by atoms with E-state index in [9.17, 15) is 10.1 Å².